The third-order valence-electron chi connectivity index (χ3n) is 3.02. The Kier molecular flexibility index (Phi) is 3.03. The third-order valence-corrected chi connectivity index (χ3v) is 3.02. The molecule has 1 atom stereocenters. The number of aromatic nitrogens is 7. The molecule has 0 saturated carbocycles. The summed E-state index contributed by atoms with van der Waals surface area (Å²) >= 11 is 0. The van der Waals surface area contributed by atoms with Gasteiger partial charge in [-0.05, 0) is 6.42 Å². The van der Waals surface area contributed by atoms with E-state index in [0.717, 1.165) is 12.1 Å². The van der Waals surface area contributed by atoms with Crippen LogP contribution >= 0.6 is 0 Å². The fraction of sp³-hybridized carbons (Fsp3) is 0.364. The number of fused-ring (bicyclic) bond motifs is 1. The largest absolute Gasteiger partial charge is 0.323 e. The van der Waals surface area contributed by atoms with E-state index >= 15 is 0 Å². The zero-order chi connectivity index (χ0) is 14.1. The summed E-state index contributed by atoms with van der Waals surface area (Å²) in [5.74, 6) is 0.332. The quantitative estimate of drug-likeness (QED) is 0.659. The predicted octanol–water partition coefficient (Wildman–Crippen LogP) is -0.533. The van der Waals surface area contributed by atoms with Crippen molar-refractivity contribution in [2.45, 2.75) is 25.9 Å². The van der Waals surface area contributed by atoms with Crippen LogP contribution < -0.4 is 11.3 Å². The highest BCUT2D eigenvalue weighted by molar-refractivity contribution is 5.26. The molecule has 0 fully saturated rings. The van der Waals surface area contributed by atoms with Crippen molar-refractivity contribution in [3.63, 3.8) is 0 Å². The fourth-order valence-electron chi connectivity index (χ4n) is 1.89. The van der Waals surface area contributed by atoms with Crippen molar-refractivity contribution >= 4 is 5.78 Å². The van der Waals surface area contributed by atoms with Crippen molar-refractivity contribution in [3.8, 4) is 0 Å². The molecule has 20 heavy (non-hydrogen) atoms. The van der Waals surface area contributed by atoms with Crippen molar-refractivity contribution in [2.75, 3.05) is 0 Å². The van der Waals surface area contributed by atoms with Crippen LogP contribution in [-0.4, -0.2) is 34.6 Å². The molecule has 0 aromatic carbocycles. The van der Waals surface area contributed by atoms with Crippen LogP contribution in [0.25, 0.3) is 5.78 Å². The second kappa shape index (κ2) is 4.85. The van der Waals surface area contributed by atoms with Crippen LogP contribution in [-0.2, 0) is 6.54 Å². The Morgan fingerprint density at radius 2 is 2.35 bits per heavy atom. The minimum Gasteiger partial charge on any atom is -0.323 e. The van der Waals surface area contributed by atoms with Gasteiger partial charge in [-0.3, -0.25) is 9.89 Å². The summed E-state index contributed by atoms with van der Waals surface area (Å²) in [6.07, 6.45) is 3.97. The van der Waals surface area contributed by atoms with E-state index in [9.17, 15) is 4.79 Å². The van der Waals surface area contributed by atoms with Crippen LogP contribution in [0.5, 0.6) is 0 Å². The summed E-state index contributed by atoms with van der Waals surface area (Å²) in [6.45, 7) is 2.33. The van der Waals surface area contributed by atoms with Gasteiger partial charge >= 0.3 is 0 Å². The standard InChI is InChI=1S/C11H14N8O/c1-2-8(12)9-5-18(17-16-9)4-7-3-10(20)19-11(15-7)13-6-14-19/h3,5-6,8H,2,4,12H2,1H3,(H,13,14,15). The van der Waals surface area contributed by atoms with Crippen molar-refractivity contribution in [1.82, 2.24) is 34.6 Å². The summed E-state index contributed by atoms with van der Waals surface area (Å²) < 4.78 is 2.87. The normalized spacial score (nSPS) is 12.9. The Morgan fingerprint density at radius 3 is 3.15 bits per heavy atom. The van der Waals surface area contributed by atoms with E-state index in [1.807, 2.05) is 6.92 Å². The molecule has 0 saturated heterocycles. The maximum absolute atomic E-state index is 11.8. The van der Waals surface area contributed by atoms with Gasteiger partial charge in [0.2, 0.25) is 0 Å². The average Bonchev–Trinajstić information content (AvgIpc) is 3.07. The van der Waals surface area contributed by atoms with E-state index in [2.05, 4.69) is 25.4 Å². The molecule has 104 valence electrons. The number of H-pyrrole nitrogens is 1. The van der Waals surface area contributed by atoms with Gasteiger partial charge in [0.15, 0.2) is 0 Å². The second-order valence-electron chi connectivity index (χ2n) is 4.46. The number of nitrogens with one attached hydrogen (secondary N) is 1. The molecule has 0 bridgehead atoms. The number of nitrogens with zero attached hydrogens (tertiary/aromatic N) is 6. The lowest BCUT2D eigenvalue weighted by atomic mass is 10.2. The highest BCUT2D eigenvalue weighted by atomic mass is 16.1. The van der Waals surface area contributed by atoms with Gasteiger partial charge in [-0.2, -0.15) is 4.52 Å². The number of hydrogen-bond acceptors (Lipinski definition) is 6. The van der Waals surface area contributed by atoms with E-state index < -0.39 is 0 Å². The lowest BCUT2D eigenvalue weighted by Gasteiger charge is -2.02. The summed E-state index contributed by atoms with van der Waals surface area (Å²) in [6, 6.07) is 1.31. The zero-order valence-electron chi connectivity index (χ0n) is 10.9. The molecule has 0 aliphatic rings. The van der Waals surface area contributed by atoms with Crippen molar-refractivity contribution in [3.05, 3.63) is 40.3 Å². The van der Waals surface area contributed by atoms with Crippen molar-refractivity contribution in [2.24, 2.45) is 5.73 Å². The van der Waals surface area contributed by atoms with Crippen LogP contribution in [0.2, 0.25) is 0 Å². The first-order chi connectivity index (χ1) is 9.67. The summed E-state index contributed by atoms with van der Waals surface area (Å²) in [7, 11) is 0. The maximum Gasteiger partial charge on any atom is 0.274 e. The van der Waals surface area contributed by atoms with Crippen LogP contribution in [0, 0.1) is 0 Å². The zero-order valence-corrected chi connectivity index (χ0v) is 10.9. The topological polar surface area (TPSA) is 120 Å². The minimum absolute atomic E-state index is 0.129. The molecule has 3 rings (SSSR count). The third kappa shape index (κ3) is 2.18. The first-order valence-corrected chi connectivity index (χ1v) is 6.25. The molecule has 1 unspecified atom stereocenters. The predicted molar refractivity (Wildman–Crippen MR) is 70.0 cm³/mol. The highest BCUT2D eigenvalue weighted by Gasteiger charge is 2.10. The monoisotopic (exact) mass is 274 g/mol. The van der Waals surface area contributed by atoms with Gasteiger partial charge < -0.3 is 5.73 Å². The molecular formula is C11H14N8O. The molecule has 3 aromatic heterocycles. The van der Waals surface area contributed by atoms with E-state index in [1.165, 1.54) is 16.9 Å². The van der Waals surface area contributed by atoms with E-state index in [0.29, 0.717) is 18.0 Å². The number of rotatable bonds is 4. The molecule has 0 radical (unpaired) electrons. The molecule has 3 N–H and O–H groups in total. The summed E-state index contributed by atoms with van der Waals surface area (Å²) in [5, 5.41) is 10.7. The number of nitrogens with two attached hydrogens (primary N) is 1. The van der Waals surface area contributed by atoms with E-state index in [-0.39, 0.29) is 11.6 Å². The number of hydrogen-bond donors (Lipinski definition) is 2. The molecule has 9 nitrogen and oxygen atoms in total. The molecule has 0 spiro atoms. The van der Waals surface area contributed by atoms with Crippen LogP contribution in [0.3, 0.4) is 0 Å². The van der Waals surface area contributed by atoms with Crippen LogP contribution in [0.4, 0.5) is 0 Å². The van der Waals surface area contributed by atoms with E-state index in [4.69, 9.17) is 5.73 Å². The van der Waals surface area contributed by atoms with Gasteiger partial charge in [-0.15, -0.1) is 5.10 Å². The Hall–Kier alpha value is -2.55. The van der Waals surface area contributed by atoms with Crippen molar-refractivity contribution in [1.29, 1.82) is 0 Å². The minimum atomic E-state index is -0.215. The maximum atomic E-state index is 11.8. The number of aromatic amines is 1. The Bertz CT molecular complexity index is 785. The van der Waals surface area contributed by atoms with E-state index in [1.54, 1.807) is 10.9 Å². The lowest BCUT2D eigenvalue weighted by Crippen LogP contribution is -2.17. The van der Waals surface area contributed by atoms with Crippen molar-refractivity contribution < 1.29 is 0 Å². The van der Waals surface area contributed by atoms with Gasteiger partial charge in [-0.1, -0.05) is 12.1 Å². The smallest absolute Gasteiger partial charge is 0.274 e. The van der Waals surface area contributed by atoms with Crippen LogP contribution in [0.15, 0.2) is 23.4 Å². The SMILES string of the molecule is CCC(N)c1cn(Cc2cc(=O)n3[nH]cnc3n2)nn1. The van der Waals surface area contributed by atoms with Gasteiger partial charge in [0.1, 0.15) is 6.33 Å². The Balaban J connectivity index is 1.89. The van der Waals surface area contributed by atoms with Gasteiger partial charge in [-0.25, -0.2) is 14.6 Å². The molecule has 9 heteroatoms. The molecule has 0 amide bonds. The summed E-state index contributed by atoms with van der Waals surface area (Å²) in [5.41, 5.74) is 6.97. The molecule has 0 aliphatic carbocycles. The fourth-order valence-corrected chi connectivity index (χ4v) is 1.89. The summed E-state index contributed by atoms with van der Waals surface area (Å²) in [4.78, 5) is 20.0. The molecule has 3 aromatic rings. The Morgan fingerprint density at radius 1 is 1.50 bits per heavy atom. The molecular weight excluding hydrogens is 260 g/mol. The van der Waals surface area contributed by atoms with Gasteiger partial charge in [0.25, 0.3) is 11.3 Å². The van der Waals surface area contributed by atoms with Crippen LogP contribution in [0.1, 0.15) is 30.8 Å². The lowest BCUT2D eigenvalue weighted by molar-refractivity contribution is 0.633. The van der Waals surface area contributed by atoms with Gasteiger partial charge in [0.05, 0.1) is 30.2 Å². The average molecular weight is 274 g/mol. The molecule has 0 aliphatic heterocycles. The Labute approximate surface area is 113 Å². The van der Waals surface area contributed by atoms with Gasteiger partial charge in [0, 0.05) is 6.07 Å². The molecule has 3 heterocycles. The first-order valence-electron chi connectivity index (χ1n) is 6.25. The highest BCUT2D eigenvalue weighted by Crippen LogP contribution is 2.09. The second-order valence-corrected chi connectivity index (χ2v) is 4.46. The first kappa shape index (κ1) is 12.5.